The fourth-order valence-corrected chi connectivity index (χ4v) is 6.75. The van der Waals surface area contributed by atoms with Crippen LogP contribution in [0.5, 0.6) is 5.75 Å². The lowest BCUT2D eigenvalue weighted by atomic mass is 9.83. The summed E-state index contributed by atoms with van der Waals surface area (Å²) in [7, 11) is 1.72. The monoisotopic (exact) mass is 343 g/mol. The van der Waals surface area contributed by atoms with Gasteiger partial charge in [0.15, 0.2) is 0 Å². The minimum absolute atomic E-state index is 0.586. The van der Waals surface area contributed by atoms with Gasteiger partial charge in [-0.15, -0.1) is 23.5 Å². The fourth-order valence-electron chi connectivity index (χ4n) is 3.49. The van der Waals surface area contributed by atoms with Crippen LogP contribution in [0.2, 0.25) is 0 Å². The number of nitrogens with zero attached hydrogens (tertiary/aromatic N) is 1. The molecular weight excluding hydrogens is 322 g/mol. The van der Waals surface area contributed by atoms with Gasteiger partial charge in [-0.05, 0) is 29.8 Å². The number of rotatable bonds is 4. The van der Waals surface area contributed by atoms with E-state index < -0.39 is 0 Å². The number of hydrogen-bond donors (Lipinski definition) is 0. The molecule has 0 spiro atoms. The Morgan fingerprint density at radius 2 is 1.65 bits per heavy atom. The van der Waals surface area contributed by atoms with E-state index in [4.69, 9.17) is 4.74 Å². The van der Waals surface area contributed by atoms with Crippen molar-refractivity contribution in [2.24, 2.45) is 0 Å². The highest BCUT2D eigenvalue weighted by Gasteiger charge is 2.46. The van der Waals surface area contributed by atoms with Crippen molar-refractivity contribution in [3.63, 3.8) is 0 Å². The molecule has 2 fully saturated rings. The maximum atomic E-state index is 5.29. The van der Waals surface area contributed by atoms with Crippen molar-refractivity contribution in [2.75, 3.05) is 30.1 Å². The molecule has 23 heavy (non-hydrogen) atoms. The summed E-state index contributed by atoms with van der Waals surface area (Å²) in [5.74, 6) is 4.13. The molecule has 0 radical (unpaired) electrons. The summed E-state index contributed by atoms with van der Waals surface area (Å²) in [6.45, 7) is 1.11. The third-order valence-electron chi connectivity index (χ3n) is 4.72. The topological polar surface area (TPSA) is 12.5 Å². The summed E-state index contributed by atoms with van der Waals surface area (Å²) in [4.78, 5) is 2.58. The quantitative estimate of drug-likeness (QED) is 0.811. The Morgan fingerprint density at radius 3 is 2.30 bits per heavy atom. The molecule has 4 heteroatoms. The van der Waals surface area contributed by atoms with E-state index in [-0.39, 0.29) is 0 Å². The van der Waals surface area contributed by atoms with Gasteiger partial charge in [0.2, 0.25) is 0 Å². The Hall–Kier alpha value is -1.26. The first-order chi connectivity index (χ1) is 11.4. The second kappa shape index (κ2) is 6.70. The molecule has 2 aliphatic heterocycles. The van der Waals surface area contributed by atoms with E-state index in [1.807, 2.05) is 0 Å². The Kier molecular flexibility index (Phi) is 4.45. The van der Waals surface area contributed by atoms with Gasteiger partial charge in [-0.25, -0.2) is 0 Å². The van der Waals surface area contributed by atoms with Crippen molar-refractivity contribution < 1.29 is 4.74 Å². The van der Waals surface area contributed by atoms with Gasteiger partial charge in [-0.3, -0.25) is 0 Å². The van der Waals surface area contributed by atoms with Gasteiger partial charge < -0.3 is 9.64 Å². The zero-order chi connectivity index (χ0) is 15.6. The first-order valence-electron chi connectivity index (χ1n) is 8.05. The SMILES string of the molecule is COc1ccc(N2C[C@@H](c3ccccc3)[C@@H]2C2SCCS2)cc1. The maximum Gasteiger partial charge on any atom is 0.119 e. The molecule has 2 aromatic rings. The molecule has 0 bridgehead atoms. The van der Waals surface area contributed by atoms with Gasteiger partial charge in [-0.2, -0.15) is 0 Å². The van der Waals surface area contributed by atoms with Crippen LogP contribution >= 0.6 is 23.5 Å². The molecule has 4 rings (SSSR count). The normalized spacial score (nSPS) is 24.5. The first kappa shape index (κ1) is 15.3. The largest absolute Gasteiger partial charge is 0.497 e. The van der Waals surface area contributed by atoms with Gasteiger partial charge in [0.05, 0.1) is 17.7 Å². The summed E-state index contributed by atoms with van der Waals surface area (Å²) in [6, 6.07) is 20.1. The average molecular weight is 344 g/mol. The Morgan fingerprint density at radius 1 is 0.957 bits per heavy atom. The predicted octanol–water partition coefficient (Wildman–Crippen LogP) is 4.47. The zero-order valence-corrected chi connectivity index (χ0v) is 14.9. The molecule has 2 saturated heterocycles. The Labute approximate surface area is 146 Å². The van der Waals surface area contributed by atoms with E-state index in [2.05, 4.69) is 83.0 Å². The van der Waals surface area contributed by atoms with Crippen molar-refractivity contribution in [1.29, 1.82) is 0 Å². The summed E-state index contributed by atoms with van der Waals surface area (Å²) in [5.41, 5.74) is 2.80. The summed E-state index contributed by atoms with van der Waals surface area (Å²) >= 11 is 4.25. The Balaban J connectivity index is 1.59. The van der Waals surface area contributed by atoms with Crippen LogP contribution in [0.3, 0.4) is 0 Å². The van der Waals surface area contributed by atoms with Crippen molar-refractivity contribution >= 4 is 29.2 Å². The maximum absolute atomic E-state index is 5.29. The lowest BCUT2D eigenvalue weighted by Crippen LogP contribution is -2.58. The minimum atomic E-state index is 0.586. The summed E-state index contributed by atoms with van der Waals surface area (Å²) < 4.78 is 5.97. The zero-order valence-electron chi connectivity index (χ0n) is 13.2. The van der Waals surface area contributed by atoms with Gasteiger partial charge in [0, 0.05) is 29.7 Å². The molecule has 0 aromatic heterocycles. The lowest BCUT2D eigenvalue weighted by molar-refractivity contribution is 0.401. The van der Waals surface area contributed by atoms with Crippen molar-refractivity contribution in [3.8, 4) is 5.75 Å². The van der Waals surface area contributed by atoms with Crippen LogP contribution in [0.15, 0.2) is 54.6 Å². The molecule has 0 N–H and O–H groups in total. The molecular formula is C19H21NOS2. The summed E-state index contributed by atoms with van der Waals surface area (Å²) in [5, 5.41) is 0. The molecule has 2 atom stereocenters. The van der Waals surface area contributed by atoms with Gasteiger partial charge in [0.1, 0.15) is 5.75 Å². The van der Waals surface area contributed by atoms with Crippen molar-refractivity contribution in [1.82, 2.24) is 0 Å². The van der Waals surface area contributed by atoms with Crippen molar-refractivity contribution in [3.05, 3.63) is 60.2 Å². The highest BCUT2D eigenvalue weighted by atomic mass is 32.2. The third-order valence-corrected chi connectivity index (χ3v) is 7.89. The van der Waals surface area contributed by atoms with E-state index in [0.717, 1.165) is 12.3 Å². The van der Waals surface area contributed by atoms with E-state index in [1.54, 1.807) is 7.11 Å². The van der Waals surface area contributed by atoms with Crippen LogP contribution in [0.4, 0.5) is 5.69 Å². The molecule has 0 aliphatic carbocycles. The van der Waals surface area contributed by atoms with Crippen molar-refractivity contribution in [2.45, 2.75) is 16.5 Å². The summed E-state index contributed by atoms with van der Waals surface area (Å²) in [6.07, 6.45) is 0. The molecule has 0 unspecified atom stereocenters. The van der Waals surface area contributed by atoms with Gasteiger partial charge in [-0.1, -0.05) is 30.3 Å². The van der Waals surface area contributed by atoms with Gasteiger partial charge >= 0.3 is 0 Å². The molecule has 2 aromatic carbocycles. The number of ether oxygens (including phenoxy) is 1. The van der Waals surface area contributed by atoms with Crippen LogP contribution < -0.4 is 9.64 Å². The number of methoxy groups -OCH3 is 1. The number of thioether (sulfide) groups is 2. The van der Waals surface area contributed by atoms with Crippen LogP contribution in [0, 0.1) is 0 Å². The second-order valence-corrected chi connectivity index (χ2v) is 8.77. The minimum Gasteiger partial charge on any atom is -0.497 e. The van der Waals surface area contributed by atoms with E-state index >= 15 is 0 Å². The third kappa shape index (κ3) is 2.94. The fraction of sp³-hybridized carbons (Fsp3) is 0.368. The van der Waals surface area contributed by atoms with Crippen LogP contribution in [-0.2, 0) is 0 Å². The molecule has 120 valence electrons. The Bertz CT molecular complexity index is 640. The van der Waals surface area contributed by atoms with Crippen LogP contribution in [0.25, 0.3) is 0 Å². The van der Waals surface area contributed by atoms with E-state index in [0.29, 0.717) is 16.5 Å². The second-order valence-electron chi connectivity index (χ2n) is 5.97. The number of benzene rings is 2. The highest BCUT2D eigenvalue weighted by Crippen LogP contribution is 2.48. The number of hydrogen-bond acceptors (Lipinski definition) is 4. The molecule has 2 aliphatic rings. The molecule has 2 heterocycles. The average Bonchev–Trinajstić information content (AvgIpc) is 3.09. The molecule has 2 nitrogen and oxygen atoms in total. The molecule has 0 saturated carbocycles. The van der Waals surface area contributed by atoms with E-state index in [9.17, 15) is 0 Å². The van der Waals surface area contributed by atoms with E-state index in [1.165, 1.54) is 22.8 Å². The highest BCUT2D eigenvalue weighted by molar-refractivity contribution is 8.20. The molecule has 0 amide bonds. The number of anilines is 1. The smallest absolute Gasteiger partial charge is 0.119 e. The van der Waals surface area contributed by atoms with Crippen LogP contribution in [-0.4, -0.2) is 35.8 Å². The standard InChI is InChI=1S/C19H21NOS2/c1-21-16-9-7-15(8-10-16)20-13-17(14-5-3-2-4-6-14)18(20)19-22-11-12-23-19/h2-10,17-19H,11-13H2,1H3/t17-,18+/m0/s1. The first-order valence-corrected chi connectivity index (χ1v) is 10.2. The lowest BCUT2D eigenvalue weighted by Gasteiger charge is -2.52. The van der Waals surface area contributed by atoms with Gasteiger partial charge in [0.25, 0.3) is 0 Å². The predicted molar refractivity (Wildman–Crippen MR) is 102 cm³/mol. The van der Waals surface area contributed by atoms with Crippen LogP contribution in [0.1, 0.15) is 11.5 Å².